The summed E-state index contributed by atoms with van der Waals surface area (Å²) in [5.74, 6) is 0.388. The van der Waals surface area contributed by atoms with E-state index in [-0.39, 0.29) is 11.7 Å². The maximum Gasteiger partial charge on any atom is 0.227 e. The fourth-order valence-electron chi connectivity index (χ4n) is 3.73. The van der Waals surface area contributed by atoms with Gasteiger partial charge in [0.15, 0.2) is 0 Å². The number of hydrogen-bond acceptors (Lipinski definition) is 3. The van der Waals surface area contributed by atoms with Crippen LogP contribution in [0, 0.1) is 0 Å². The normalized spacial score (nSPS) is 15.2. The number of amides is 1. The molecule has 1 N–H and O–H groups in total. The molecule has 27 heavy (non-hydrogen) atoms. The first-order valence-corrected chi connectivity index (χ1v) is 9.44. The van der Waals surface area contributed by atoms with Crippen molar-refractivity contribution in [2.45, 2.75) is 13.0 Å². The first-order valence-electron chi connectivity index (χ1n) is 9.44. The third-order valence-corrected chi connectivity index (χ3v) is 5.29. The van der Waals surface area contributed by atoms with Crippen molar-refractivity contribution >= 4 is 16.7 Å². The van der Waals surface area contributed by atoms with Gasteiger partial charge in [-0.05, 0) is 34.0 Å². The number of carbonyl (C=O) groups excluding carboxylic acids is 1. The monoisotopic (exact) mass is 360 g/mol. The number of carbonyl (C=O) groups is 1. The number of rotatable bonds is 4. The maximum absolute atomic E-state index is 12.5. The Morgan fingerprint density at radius 2 is 1.56 bits per heavy atom. The van der Waals surface area contributed by atoms with Gasteiger partial charge in [-0.2, -0.15) is 0 Å². The Hall–Kier alpha value is -2.85. The molecular weight excluding hydrogens is 336 g/mol. The molecule has 4 nitrogen and oxygen atoms in total. The van der Waals surface area contributed by atoms with E-state index >= 15 is 0 Å². The number of nitrogens with zero attached hydrogens (tertiary/aromatic N) is 2. The van der Waals surface area contributed by atoms with Gasteiger partial charge in [-0.25, -0.2) is 0 Å². The lowest BCUT2D eigenvalue weighted by molar-refractivity contribution is -0.132. The number of aromatic hydroxyl groups is 1. The summed E-state index contributed by atoms with van der Waals surface area (Å²) in [5, 5.41) is 11.9. The summed E-state index contributed by atoms with van der Waals surface area (Å²) < 4.78 is 0. The molecular formula is C23H24N2O2. The van der Waals surface area contributed by atoms with Crippen molar-refractivity contribution in [3.63, 3.8) is 0 Å². The summed E-state index contributed by atoms with van der Waals surface area (Å²) in [7, 11) is 0. The van der Waals surface area contributed by atoms with Crippen molar-refractivity contribution in [3.05, 3.63) is 77.9 Å². The molecule has 0 saturated carbocycles. The van der Waals surface area contributed by atoms with Crippen molar-refractivity contribution < 1.29 is 9.90 Å². The third-order valence-electron chi connectivity index (χ3n) is 5.29. The van der Waals surface area contributed by atoms with Crippen LogP contribution in [0.5, 0.6) is 5.75 Å². The van der Waals surface area contributed by atoms with Gasteiger partial charge in [-0.3, -0.25) is 9.69 Å². The van der Waals surface area contributed by atoms with Gasteiger partial charge in [0.25, 0.3) is 0 Å². The van der Waals surface area contributed by atoms with Gasteiger partial charge in [-0.1, -0.05) is 54.6 Å². The molecule has 0 atom stereocenters. The highest BCUT2D eigenvalue weighted by Gasteiger charge is 2.21. The second-order valence-corrected chi connectivity index (χ2v) is 7.14. The largest absolute Gasteiger partial charge is 0.508 e. The second-order valence-electron chi connectivity index (χ2n) is 7.14. The zero-order valence-electron chi connectivity index (χ0n) is 15.3. The Morgan fingerprint density at radius 3 is 2.33 bits per heavy atom. The molecule has 138 valence electrons. The summed E-state index contributed by atoms with van der Waals surface area (Å²) in [6, 6.07) is 21.8. The summed E-state index contributed by atoms with van der Waals surface area (Å²) >= 11 is 0. The third kappa shape index (κ3) is 4.12. The van der Waals surface area contributed by atoms with E-state index in [1.165, 1.54) is 16.3 Å². The Morgan fingerprint density at radius 1 is 0.852 bits per heavy atom. The van der Waals surface area contributed by atoms with Crippen molar-refractivity contribution in [3.8, 4) is 5.75 Å². The van der Waals surface area contributed by atoms with Crippen LogP contribution in [-0.2, 0) is 17.8 Å². The molecule has 1 aliphatic heterocycles. The molecule has 0 aliphatic carbocycles. The van der Waals surface area contributed by atoms with Crippen molar-refractivity contribution in [2.24, 2.45) is 0 Å². The number of piperazine rings is 1. The number of phenolic OH excluding ortho intramolecular Hbond substituents is 1. The fourth-order valence-corrected chi connectivity index (χ4v) is 3.73. The molecule has 1 heterocycles. The van der Waals surface area contributed by atoms with Gasteiger partial charge in [-0.15, -0.1) is 0 Å². The lowest BCUT2D eigenvalue weighted by Gasteiger charge is -2.35. The van der Waals surface area contributed by atoms with Crippen LogP contribution in [0.3, 0.4) is 0 Å². The van der Waals surface area contributed by atoms with E-state index in [4.69, 9.17) is 0 Å². The van der Waals surface area contributed by atoms with Crippen molar-refractivity contribution in [2.75, 3.05) is 26.2 Å². The van der Waals surface area contributed by atoms with Crippen LogP contribution in [0.2, 0.25) is 0 Å². The summed E-state index contributed by atoms with van der Waals surface area (Å²) in [6.07, 6.45) is 0.392. The molecule has 1 fully saturated rings. The second kappa shape index (κ2) is 7.80. The van der Waals surface area contributed by atoms with Crippen LogP contribution >= 0.6 is 0 Å². The lowest BCUT2D eigenvalue weighted by Crippen LogP contribution is -2.48. The minimum atomic E-state index is 0.158. The Balaban J connectivity index is 1.34. The molecule has 1 saturated heterocycles. The molecule has 3 aromatic rings. The zero-order valence-corrected chi connectivity index (χ0v) is 15.3. The van der Waals surface area contributed by atoms with Crippen LogP contribution in [0.25, 0.3) is 10.8 Å². The van der Waals surface area contributed by atoms with Gasteiger partial charge >= 0.3 is 0 Å². The van der Waals surface area contributed by atoms with Gasteiger partial charge in [0.1, 0.15) is 5.75 Å². The number of phenols is 1. The molecule has 0 aromatic heterocycles. The Bertz CT molecular complexity index is 923. The number of hydrogen-bond donors (Lipinski definition) is 1. The lowest BCUT2D eigenvalue weighted by atomic mass is 10.0. The molecule has 4 heteroatoms. The van der Waals surface area contributed by atoms with Gasteiger partial charge in [0.2, 0.25) is 5.91 Å². The highest BCUT2D eigenvalue weighted by atomic mass is 16.3. The Labute approximate surface area is 159 Å². The molecule has 0 radical (unpaired) electrons. The smallest absolute Gasteiger partial charge is 0.227 e. The predicted octanol–water partition coefficient (Wildman–Crippen LogP) is 3.43. The van der Waals surface area contributed by atoms with Crippen LogP contribution in [0.15, 0.2) is 66.7 Å². The summed E-state index contributed by atoms with van der Waals surface area (Å²) in [6.45, 7) is 4.24. The SMILES string of the molecule is O=C(Cc1ccc(O)cc1)N1CCN(Cc2cccc3ccccc23)CC1. The highest BCUT2D eigenvalue weighted by Crippen LogP contribution is 2.20. The molecule has 1 amide bonds. The van der Waals surface area contributed by atoms with Crippen molar-refractivity contribution in [1.82, 2.24) is 9.80 Å². The zero-order chi connectivity index (χ0) is 18.6. The quantitative estimate of drug-likeness (QED) is 0.775. The van der Waals surface area contributed by atoms with Crippen LogP contribution < -0.4 is 0 Å². The summed E-state index contributed by atoms with van der Waals surface area (Å²) in [4.78, 5) is 16.9. The van der Waals surface area contributed by atoms with E-state index in [2.05, 4.69) is 47.4 Å². The predicted molar refractivity (Wildman–Crippen MR) is 108 cm³/mol. The van der Waals surface area contributed by atoms with Crippen molar-refractivity contribution in [1.29, 1.82) is 0 Å². The Kier molecular flexibility index (Phi) is 5.07. The number of fused-ring (bicyclic) bond motifs is 1. The van der Waals surface area contributed by atoms with Gasteiger partial charge in [0.05, 0.1) is 6.42 Å². The molecule has 0 spiro atoms. The average molecular weight is 360 g/mol. The standard InChI is InChI=1S/C23H24N2O2/c26-21-10-8-18(9-11-21)16-23(27)25-14-12-24(13-15-25)17-20-6-3-5-19-4-1-2-7-22(19)20/h1-11,26H,12-17H2. The van der Waals surface area contributed by atoms with E-state index in [0.717, 1.165) is 38.3 Å². The molecule has 0 bridgehead atoms. The van der Waals surface area contributed by atoms with E-state index < -0.39 is 0 Å². The average Bonchev–Trinajstić information content (AvgIpc) is 2.70. The first-order chi connectivity index (χ1) is 13.2. The van der Waals surface area contributed by atoms with E-state index in [1.807, 2.05) is 17.0 Å². The van der Waals surface area contributed by atoms with Crippen LogP contribution in [0.4, 0.5) is 0 Å². The fraction of sp³-hybridized carbons (Fsp3) is 0.261. The van der Waals surface area contributed by atoms with Gasteiger partial charge in [0, 0.05) is 32.7 Å². The minimum absolute atomic E-state index is 0.158. The van der Waals surface area contributed by atoms with E-state index in [1.54, 1.807) is 12.1 Å². The van der Waals surface area contributed by atoms with Gasteiger partial charge < -0.3 is 10.0 Å². The minimum Gasteiger partial charge on any atom is -0.508 e. The van der Waals surface area contributed by atoms with E-state index in [0.29, 0.717) is 6.42 Å². The van der Waals surface area contributed by atoms with Crippen LogP contribution in [-0.4, -0.2) is 47.0 Å². The highest BCUT2D eigenvalue weighted by molar-refractivity contribution is 5.85. The first kappa shape index (κ1) is 17.6. The molecule has 1 aliphatic rings. The van der Waals surface area contributed by atoms with Crippen LogP contribution in [0.1, 0.15) is 11.1 Å². The molecule has 4 rings (SSSR count). The molecule has 3 aromatic carbocycles. The maximum atomic E-state index is 12.5. The summed E-state index contributed by atoms with van der Waals surface area (Å²) in [5.41, 5.74) is 2.29. The topological polar surface area (TPSA) is 43.8 Å². The number of benzene rings is 3. The molecule has 0 unspecified atom stereocenters. The van der Waals surface area contributed by atoms with E-state index in [9.17, 15) is 9.90 Å².